The van der Waals surface area contributed by atoms with Crippen LogP contribution in [0.15, 0.2) is 78.9 Å². The quantitative estimate of drug-likeness (QED) is 0.372. The smallest absolute Gasteiger partial charge is 0.210 e. The van der Waals surface area contributed by atoms with E-state index in [9.17, 15) is 0 Å². The van der Waals surface area contributed by atoms with Crippen LogP contribution in [0.3, 0.4) is 0 Å². The molecule has 0 radical (unpaired) electrons. The molecule has 0 aliphatic carbocycles. The van der Waals surface area contributed by atoms with Gasteiger partial charge in [-0.3, -0.25) is 0 Å². The normalized spacial score (nSPS) is 10.5. The van der Waals surface area contributed by atoms with E-state index in [1.165, 1.54) is 11.3 Å². The van der Waals surface area contributed by atoms with Crippen molar-refractivity contribution in [1.29, 1.82) is 0 Å². The maximum absolute atomic E-state index is 6.11. The molecule has 3 aromatic carbocycles. The summed E-state index contributed by atoms with van der Waals surface area (Å²) in [6, 6.07) is 25.0. The Morgan fingerprint density at radius 2 is 1.54 bits per heavy atom. The van der Waals surface area contributed by atoms with Gasteiger partial charge in [0.2, 0.25) is 5.06 Å². The third kappa shape index (κ3) is 4.27. The van der Waals surface area contributed by atoms with Gasteiger partial charge in [-0.1, -0.05) is 53.3 Å². The molecule has 0 unspecified atom stereocenters. The van der Waals surface area contributed by atoms with Crippen molar-refractivity contribution in [1.82, 2.24) is 4.98 Å². The molecule has 140 valence electrons. The fraction of sp³-hybridized carbons (Fsp3) is 0.0455. The highest BCUT2D eigenvalue weighted by atomic mass is 35.5. The van der Waals surface area contributed by atoms with Gasteiger partial charge in [0.15, 0.2) is 5.13 Å². The van der Waals surface area contributed by atoms with Gasteiger partial charge in [-0.05, 0) is 48.5 Å². The lowest BCUT2D eigenvalue weighted by atomic mass is 10.2. The second kappa shape index (κ2) is 8.33. The summed E-state index contributed by atoms with van der Waals surface area (Å²) < 4.78 is 11.3. The van der Waals surface area contributed by atoms with Crippen LogP contribution in [-0.2, 0) is 0 Å². The summed E-state index contributed by atoms with van der Waals surface area (Å²) in [4.78, 5) is 4.76. The summed E-state index contributed by atoms with van der Waals surface area (Å²) in [5, 5.41) is 5.46. The van der Waals surface area contributed by atoms with Crippen molar-refractivity contribution in [2.45, 2.75) is 0 Å². The predicted molar refractivity (Wildman–Crippen MR) is 115 cm³/mol. The zero-order chi connectivity index (χ0) is 19.3. The Labute approximate surface area is 172 Å². The third-order valence-corrected chi connectivity index (χ3v) is 5.11. The number of nitrogens with one attached hydrogen (secondary N) is 1. The van der Waals surface area contributed by atoms with Crippen LogP contribution in [0, 0.1) is 0 Å². The van der Waals surface area contributed by atoms with E-state index < -0.39 is 0 Å². The molecule has 6 heteroatoms. The SMILES string of the molecule is COc1ccc(Nc2nc(-c3ccccc3)c(Oc3ccc(Cl)cc3)s2)cc1. The lowest BCUT2D eigenvalue weighted by Gasteiger charge is -2.05. The molecule has 0 spiro atoms. The van der Waals surface area contributed by atoms with Crippen LogP contribution in [-0.4, -0.2) is 12.1 Å². The van der Waals surface area contributed by atoms with E-state index in [1.807, 2.05) is 66.7 Å². The summed E-state index contributed by atoms with van der Waals surface area (Å²) in [6.07, 6.45) is 0. The van der Waals surface area contributed by atoms with Gasteiger partial charge in [-0.15, -0.1) is 0 Å². The fourth-order valence-electron chi connectivity index (χ4n) is 2.61. The van der Waals surface area contributed by atoms with Crippen molar-refractivity contribution in [2.75, 3.05) is 12.4 Å². The minimum atomic E-state index is 0.668. The molecule has 28 heavy (non-hydrogen) atoms. The second-order valence-electron chi connectivity index (χ2n) is 5.93. The van der Waals surface area contributed by atoms with Crippen LogP contribution in [0.5, 0.6) is 16.6 Å². The van der Waals surface area contributed by atoms with Crippen molar-refractivity contribution in [3.63, 3.8) is 0 Å². The average molecular weight is 409 g/mol. The van der Waals surface area contributed by atoms with E-state index in [0.717, 1.165) is 27.8 Å². The van der Waals surface area contributed by atoms with Gasteiger partial charge < -0.3 is 14.8 Å². The highest BCUT2D eigenvalue weighted by Gasteiger charge is 2.16. The van der Waals surface area contributed by atoms with Crippen molar-refractivity contribution >= 4 is 33.8 Å². The fourth-order valence-corrected chi connectivity index (χ4v) is 3.62. The van der Waals surface area contributed by atoms with E-state index in [-0.39, 0.29) is 0 Å². The second-order valence-corrected chi connectivity index (χ2v) is 7.33. The summed E-state index contributed by atoms with van der Waals surface area (Å²) in [5.74, 6) is 1.52. The predicted octanol–water partition coefficient (Wildman–Crippen LogP) is 7.01. The van der Waals surface area contributed by atoms with Gasteiger partial charge in [0.25, 0.3) is 0 Å². The monoisotopic (exact) mass is 408 g/mol. The molecule has 4 aromatic rings. The van der Waals surface area contributed by atoms with Crippen molar-refractivity contribution in [3.05, 3.63) is 83.9 Å². The van der Waals surface area contributed by atoms with Crippen molar-refractivity contribution in [2.24, 2.45) is 0 Å². The molecule has 0 bridgehead atoms. The summed E-state index contributed by atoms with van der Waals surface area (Å²) in [6.45, 7) is 0. The van der Waals surface area contributed by atoms with Crippen LogP contribution in [0.1, 0.15) is 0 Å². The number of anilines is 2. The van der Waals surface area contributed by atoms with E-state index in [0.29, 0.717) is 15.8 Å². The van der Waals surface area contributed by atoms with Crippen LogP contribution >= 0.6 is 22.9 Å². The number of aromatic nitrogens is 1. The summed E-state index contributed by atoms with van der Waals surface area (Å²) in [7, 11) is 1.65. The first-order valence-corrected chi connectivity index (χ1v) is 9.81. The van der Waals surface area contributed by atoms with Crippen molar-refractivity contribution < 1.29 is 9.47 Å². The van der Waals surface area contributed by atoms with Crippen LogP contribution in [0.25, 0.3) is 11.3 Å². The van der Waals surface area contributed by atoms with Crippen LogP contribution in [0.4, 0.5) is 10.8 Å². The number of thiazole rings is 1. The number of nitrogens with zero attached hydrogens (tertiary/aromatic N) is 1. The molecule has 0 aliphatic rings. The Kier molecular flexibility index (Phi) is 5.46. The Hall–Kier alpha value is -3.02. The van der Waals surface area contributed by atoms with E-state index >= 15 is 0 Å². The molecule has 0 aliphatic heterocycles. The maximum Gasteiger partial charge on any atom is 0.210 e. The molecule has 1 heterocycles. The standard InChI is InChI=1S/C22H17ClN2O2S/c1-26-18-13-9-17(10-14-18)24-22-25-20(15-5-3-2-4-6-15)21(28-22)27-19-11-7-16(23)8-12-19/h2-14H,1H3,(H,24,25). The van der Waals surface area contributed by atoms with Gasteiger partial charge in [0, 0.05) is 16.3 Å². The molecular weight excluding hydrogens is 392 g/mol. The van der Waals surface area contributed by atoms with E-state index in [2.05, 4.69) is 5.32 Å². The minimum absolute atomic E-state index is 0.668. The molecule has 0 atom stereocenters. The number of ether oxygens (including phenoxy) is 2. The largest absolute Gasteiger partial charge is 0.497 e. The number of hydrogen-bond donors (Lipinski definition) is 1. The average Bonchev–Trinajstić information content (AvgIpc) is 3.13. The first-order chi connectivity index (χ1) is 13.7. The number of halogens is 1. The van der Waals surface area contributed by atoms with E-state index in [4.69, 9.17) is 26.1 Å². The lowest BCUT2D eigenvalue weighted by Crippen LogP contribution is -1.90. The molecule has 4 nitrogen and oxygen atoms in total. The third-order valence-electron chi connectivity index (χ3n) is 4.01. The van der Waals surface area contributed by atoms with E-state index in [1.54, 1.807) is 19.2 Å². The van der Waals surface area contributed by atoms with Gasteiger partial charge in [-0.2, -0.15) is 0 Å². The highest BCUT2D eigenvalue weighted by Crippen LogP contribution is 2.41. The molecule has 0 amide bonds. The van der Waals surface area contributed by atoms with Crippen molar-refractivity contribution in [3.8, 4) is 27.8 Å². The zero-order valence-electron chi connectivity index (χ0n) is 15.1. The Balaban J connectivity index is 1.65. The lowest BCUT2D eigenvalue weighted by molar-refractivity contribution is 0.415. The molecule has 0 saturated heterocycles. The molecule has 1 aromatic heterocycles. The molecule has 0 saturated carbocycles. The van der Waals surface area contributed by atoms with Crippen LogP contribution < -0.4 is 14.8 Å². The number of hydrogen-bond acceptors (Lipinski definition) is 5. The Morgan fingerprint density at radius 1 is 0.857 bits per heavy atom. The zero-order valence-corrected chi connectivity index (χ0v) is 16.6. The van der Waals surface area contributed by atoms with Crippen LogP contribution in [0.2, 0.25) is 5.02 Å². The molecular formula is C22H17ClN2O2S. The Morgan fingerprint density at radius 3 is 2.21 bits per heavy atom. The van der Waals surface area contributed by atoms with Gasteiger partial charge in [-0.25, -0.2) is 4.98 Å². The first-order valence-electron chi connectivity index (χ1n) is 8.62. The molecule has 1 N–H and O–H groups in total. The van der Waals surface area contributed by atoms with Gasteiger partial charge in [0.1, 0.15) is 17.2 Å². The highest BCUT2D eigenvalue weighted by molar-refractivity contribution is 7.18. The molecule has 0 fully saturated rings. The number of benzene rings is 3. The first kappa shape index (κ1) is 18.3. The van der Waals surface area contributed by atoms with Gasteiger partial charge >= 0.3 is 0 Å². The summed E-state index contributed by atoms with van der Waals surface area (Å²) in [5.41, 5.74) is 2.70. The Bertz CT molecular complexity index is 1050. The van der Waals surface area contributed by atoms with Gasteiger partial charge in [0.05, 0.1) is 7.11 Å². The topological polar surface area (TPSA) is 43.4 Å². The maximum atomic E-state index is 6.11. The summed E-state index contributed by atoms with van der Waals surface area (Å²) >= 11 is 7.42. The number of methoxy groups -OCH3 is 1. The molecule has 4 rings (SSSR count). The number of rotatable bonds is 6. The minimum Gasteiger partial charge on any atom is -0.497 e.